The number of aryl methyl sites for hydroxylation is 1. The molecule has 0 aromatic heterocycles. The Morgan fingerprint density at radius 2 is 2.20 bits per heavy atom. The third-order valence-corrected chi connectivity index (χ3v) is 2.52. The molecule has 1 aromatic carbocycles. The van der Waals surface area contributed by atoms with Crippen LogP contribution < -0.4 is 5.73 Å². The average molecular weight is 220 g/mol. The van der Waals surface area contributed by atoms with E-state index in [1.807, 2.05) is 31.2 Å². The first-order chi connectivity index (χ1) is 7.15. The van der Waals surface area contributed by atoms with Gasteiger partial charge < -0.3 is 5.73 Å². The van der Waals surface area contributed by atoms with Crippen LogP contribution in [0, 0.1) is 18.8 Å². The first-order valence-electron chi connectivity index (χ1n) is 4.75. The van der Waals surface area contributed by atoms with Crippen LogP contribution >= 0.6 is 11.6 Å². The van der Waals surface area contributed by atoms with Gasteiger partial charge in [0.05, 0.1) is 0 Å². The lowest BCUT2D eigenvalue weighted by Crippen LogP contribution is -2.06. The summed E-state index contributed by atoms with van der Waals surface area (Å²) in [7, 11) is 0. The van der Waals surface area contributed by atoms with Crippen LogP contribution in [0.4, 0.5) is 0 Å². The van der Waals surface area contributed by atoms with Crippen molar-refractivity contribution in [2.24, 2.45) is 5.73 Å². The second kappa shape index (κ2) is 5.60. The van der Waals surface area contributed by atoms with Crippen LogP contribution in [-0.4, -0.2) is 0 Å². The van der Waals surface area contributed by atoms with Crippen molar-refractivity contribution in [3.63, 3.8) is 0 Å². The Bertz CT molecular complexity index is 424. The summed E-state index contributed by atoms with van der Waals surface area (Å²) in [5, 5.41) is 0.767. The molecule has 78 valence electrons. The fourth-order valence-corrected chi connectivity index (χ4v) is 1.34. The van der Waals surface area contributed by atoms with Gasteiger partial charge in [-0.2, -0.15) is 0 Å². The second-order valence-electron chi connectivity index (χ2n) is 3.29. The Hall–Kier alpha value is -1.23. The van der Waals surface area contributed by atoms with Gasteiger partial charge in [0.2, 0.25) is 0 Å². The van der Waals surface area contributed by atoms with Gasteiger partial charge in [-0.05, 0) is 37.1 Å². The monoisotopic (exact) mass is 219 g/mol. The summed E-state index contributed by atoms with van der Waals surface area (Å²) in [5.41, 5.74) is 8.05. The lowest BCUT2D eigenvalue weighted by Gasteiger charge is -2.08. The Labute approximate surface area is 95.9 Å². The maximum absolute atomic E-state index is 5.96. The number of halogens is 1. The second-order valence-corrected chi connectivity index (χ2v) is 3.70. The van der Waals surface area contributed by atoms with Gasteiger partial charge in [-0.3, -0.25) is 0 Å². The van der Waals surface area contributed by atoms with E-state index >= 15 is 0 Å². The highest BCUT2D eigenvalue weighted by Crippen LogP contribution is 2.20. The maximum atomic E-state index is 5.96. The predicted octanol–water partition coefficient (Wildman–Crippen LogP) is 3.23. The van der Waals surface area contributed by atoms with Crippen molar-refractivity contribution in [1.82, 2.24) is 0 Å². The zero-order valence-corrected chi connectivity index (χ0v) is 9.68. The van der Waals surface area contributed by atoms with E-state index in [0.29, 0.717) is 0 Å². The Kier molecular flexibility index (Phi) is 4.42. The molecule has 0 saturated heterocycles. The van der Waals surface area contributed by atoms with Gasteiger partial charge in [0, 0.05) is 11.1 Å². The fourth-order valence-electron chi connectivity index (χ4n) is 1.22. The number of nitrogens with two attached hydrogens (primary N) is 1. The van der Waals surface area contributed by atoms with Crippen molar-refractivity contribution < 1.29 is 0 Å². The van der Waals surface area contributed by atoms with Crippen molar-refractivity contribution in [2.75, 3.05) is 0 Å². The van der Waals surface area contributed by atoms with E-state index in [1.165, 1.54) is 0 Å². The van der Waals surface area contributed by atoms with Crippen LogP contribution in [-0.2, 0) is 0 Å². The van der Waals surface area contributed by atoms with Gasteiger partial charge in [-0.15, -0.1) is 5.92 Å². The molecule has 0 amide bonds. The molecule has 15 heavy (non-hydrogen) atoms. The molecular weight excluding hydrogens is 206 g/mol. The minimum absolute atomic E-state index is 0.123. The molecule has 0 bridgehead atoms. The fraction of sp³-hybridized carbons (Fsp3) is 0.231. The molecule has 0 fully saturated rings. The van der Waals surface area contributed by atoms with Gasteiger partial charge >= 0.3 is 0 Å². The van der Waals surface area contributed by atoms with Gasteiger partial charge in [0.15, 0.2) is 0 Å². The molecule has 0 radical (unpaired) electrons. The molecule has 1 nitrogen and oxygen atoms in total. The number of allylic oxidation sites excluding steroid dienone is 1. The lowest BCUT2D eigenvalue weighted by molar-refractivity contribution is 0.910. The Morgan fingerprint density at radius 1 is 1.47 bits per heavy atom. The highest BCUT2D eigenvalue weighted by molar-refractivity contribution is 6.31. The third kappa shape index (κ3) is 3.43. The van der Waals surface area contributed by atoms with Crippen molar-refractivity contribution in [3.8, 4) is 11.8 Å². The Morgan fingerprint density at radius 3 is 2.80 bits per heavy atom. The van der Waals surface area contributed by atoms with Crippen molar-refractivity contribution in [2.45, 2.75) is 19.9 Å². The molecule has 1 aromatic rings. The van der Waals surface area contributed by atoms with E-state index in [0.717, 1.165) is 16.1 Å². The van der Waals surface area contributed by atoms with Crippen LogP contribution in [0.3, 0.4) is 0 Å². The van der Waals surface area contributed by atoms with E-state index in [9.17, 15) is 0 Å². The maximum Gasteiger partial charge on any atom is 0.0490 e. The van der Waals surface area contributed by atoms with Gasteiger partial charge in [-0.1, -0.05) is 35.7 Å². The molecule has 1 atom stereocenters. The summed E-state index contributed by atoms with van der Waals surface area (Å²) in [6.07, 6.45) is 3.65. The zero-order chi connectivity index (χ0) is 11.3. The normalized spacial score (nSPS) is 12.3. The number of hydrogen-bond donors (Lipinski definition) is 1. The molecule has 0 spiro atoms. The number of benzene rings is 1. The van der Waals surface area contributed by atoms with Gasteiger partial charge in [0.1, 0.15) is 0 Å². The molecule has 0 aliphatic rings. The molecule has 0 heterocycles. The van der Waals surface area contributed by atoms with Crippen LogP contribution in [0.15, 0.2) is 30.4 Å². The summed E-state index contributed by atoms with van der Waals surface area (Å²) in [4.78, 5) is 0. The van der Waals surface area contributed by atoms with Crippen molar-refractivity contribution in [3.05, 3.63) is 46.5 Å². The molecule has 0 aliphatic carbocycles. The molecule has 2 N–H and O–H groups in total. The quantitative estimate of drug-likeness (QED) is 0.760. The molecular formula is C13H14ClN. The topological polar surface area (TPSA) is 26.0 Å². The van der Waals surface area contributed by atoms with E-state index in [1.54, 1.807) is 13.0 Å². The highest BCUT2D eigenvalue weighted by Gasteiger charge is 2.03. The molecule has 1 unspecified atom stereocenters. The average Bonchev–Trinajstić information content (AvgIpc) is 2.22. The molecule has 0 aliphatic heterocycles. The predicted molar refractivity (Wildman–Crippen MR) is 65.7 cm³/mol. The lowest BCUT2D eigenvalue weighted by atomic mass is 10.0. The Balaban J connectivity index is 2.85. The minimum Gasteiger partial charge on any atom is -0.321 e. The van der Waals surface area contributed by atoms with Gasteiger partial charge in [0.25, 0.3) is 0 Å². The van der Waals surface area contributed by atoms with E-state index in [-0.39, 0.29) is 6.04 Å². The van der Waals surface area contributed by atoms with Crippen LogP contribution in [0.2, 0.25) is 5.02 Å². The summed E-state index contributed by atoms with van der Waals surface area (Å²) in [6, 6.07) is 5.67. The highest BCUT2D eigenvalue weighted by atomic mass is 35.5. The van der Waals surface area contributed by atoms with Crippen LogP contribution in [0.1, 0.15) is 24.1 Å². The van der Waals surface area contributed by atoms with E-state index in [4.69, 9.17) is 17.3 Å². The summed E-state index contributed by atoms with van der Waals surface area (Å²) in [6.45, 7) is 3.76. The summed E-state index contributed by atoms with van der Waals surface area (Å²) in [5.74, 6) is 5.62. The SMILES string of the molecule is CC#C/C=C/C(N)c1ccc(Cl)c(C)c1. The van der Waals surface area contributed by atoms with Crippen molar-refractivity contribution in [1.29, 1.82) is 0 Å². The largest absolute Gasteiger partial charge is 0.321 e. The van der Waals surface area contributed by atoms with Crippen LogP contribution in [0.5, 0.6) is 0 Å². The molecule has 1 rings (SSSR count). The molecule has 2 heteroatoms. The minimum atomic E-state index is -0.123. The summed E-state index contributed by atoms with van der Waals surface area (Å²) >= 11 is 5.93. The van der Waals surface area contributed by atoms with E-state index < -0.39 is 0 Å². The first-order valence-corrected chi connectivity index (χ1v) is 5.13. The third-order valence-electron chi connectivity index (χ3n) is 2.10. The summed E-state index contributed by atoms with van der Waals surface area (Å²) < 4.78 is 0. The zero-order valence-electron chi connectivity index (χ0n) is 8.92. The van der Waals surface area contributed by atoms with E-state index in [2.05, 4.69) is 11.8 Å². The van der Waals surface area contributed by atoms with Crippen LogP contribution in [0.25, 0.3) is 0 Å². The smallest absolute Gasteiger partial charge is 0.0490 e. The van der Waals surface area contributed by atoms with Gasteiger partial charge in [-0.25, -0.2) is 0 Å². The van der Waals surface area contributed by atoms with Crippen molar-refractivity contribution >= 4 is 11.6 Å². The first kappa shape index (κ1) is 11.8. The number of rotatable bonds is 2. The number of hydrogen-bond acceptors (Lipinski definition) is 1. The molecule has 0 saturated carbocycles. The standard InChI is InChI=1S/C13H14ClN/c1-3-4-5-6-13(15)11-7-8-12(14)10(2)9-11/h5-9,13H,15H2,1-2H3/b6-5+.